The van der Waals surface area contributed by atoms with Gasteiger partial charge in [-0.3, -0.25) is 0 Å². The Morgan fingerprint density at radius 1 is 1.40 bits per heavy atom. The normalized spacial score (nSPS) is 12.9. The minimum Gasteiger partial charge on any atom is -0.313 e. The van der Waals surface area contributed by atoms with Gasteiger partial charge in [0.1, 0.15) is 0 Å². The van der Waals surface area contributed by atoms with Crippen LogP contribution in [0.2, 0.25) is 0 Å². The van der Waals surface area contributed by atoms with Crippen LogP contribution in [0.25, 0.3) is 0 Å². The molecule has 0 fully saturated rings. The molecule has 2 rings (SSSR count). The van der Waals surface area contributed by atoms with Crippen LogP contribution in [0.5, 0.6) is 0 Å². The Labute approximate surface area is 106 Å². The van der Waals surface area contributed by atoms with Crippen LogP contribution < -0.4 is 5.32 Å². The van der Waals surface area contributed by atoms with Crippen molar-refractivity contribution in [3.63, 3.8) is 0 Å². The molecule has 0 bridgehead atoms. The van der Waals surface area contributed by atoms with Gasteiger partial charge < -0.3 is 5.32 Å². The van der Waals surface area contributed by atoms with Crippen LogP contribution in [0.3, 0.4) is 0 Å². The maximum Gasteiger partial charge on any atom is 0.0701 e. The number of hydrogen-bond acceptors (Lipinski definition) is 3. The molecule has 1 unspecified atom stereocenters. The van der Waals surface area contributed by atoms with Gasteiger partial charge in [0, 0.05) is 17.3 Å². The van der Waals surface area contributed by atoms with Gasteiger partial charge in [-0.1, -0.05) is 0 Å². The smallest absolute Gasteiger partial charge is 0.0701 e. The first kappa shape index (κ1) is 11.3. The van der Waals surface area contributed by atoms with Crippen molar-refractivity contribution in [2.75, 3.05) is 7.05 Å². The third-order valence-electron chi connectivity index (χ3n) is 2.33. The van der Waals surface area contributed by atoms with Gasteiger partial charge in [-0.05, 0) is 57.5 Å². The number of hydrogen-bond donors (Lipinski definition) is 1. The largest absolute Gasteiger partial charge is 0.313 e. The maximum absolute atomic E-state index is 3.49. The predicted octanol–water partition coefficient (Wildman–Crippen LogP) is 4.08. The lowest BCUT2D eigenvalue weighted by Crippen LogP contribution is -2.17. The van der Waals surface area contributed by atoms with E-state index < -0.39 is 0 Å². The average molecular weight is 302 g/mol. The summed E-state index contributed by atoms with van der Waals surface area (Å²) in [7, 11) is 2.02. The van der Waals surface area contributed by atoms with Gasteiger partial charge in [0.25, 0.3) is 0 Å². The van der Waals surface area contributed by atoms with Gasteiger partial charge in [0.15, 0.2) is 0 Å². The van der Waals surface area contributed by atoms with Gasteiger partial charge >= 0.3 is 0 Å². The van der Waals surface area contributed by atoms with Crippen LogP contribution in [0.1, 0.15) is 16.5 Å². The molecule has 0 aliphatic heterocycles. The summed E-state index contributed by atoms with van der Waals surface area (Å²) in [5, 5.41) is 7.70. The summed E-state index contributed by atoms with van der Waals surface area (Å²) >= 11 is 7.05. The highest BCUT2D eigenvalue weighted by Gasteiger charge is 2.11. The van der Waals surface area contributed by atoms with Crippen molar-refractivity contribution < 1.29 is 0 Å². The van der Waals surface area contributed by atoms with Crippen LogP contribution in [0.15, 0.2) is 32.7 Å². The first-order valence-electron chi connectivity index (χ1n) is 4.73. The predicted molar refractivity (Wildman–Crippen MR) is 71.8 cm³/mol. The molecule has 1 atom stereocenters. The topological polar surface area (TPSA) is 12.0 Å². The second-order valence-electron chi connectivity index (χ2n) is 3.31. The summed E-state index contributed by atoms with van der Waals surface area (Å²) in [6.45, 7) is 0. The summed E-state index contributed by atoms with van der Waals surface area (Å²) in [5.41, 5.74) is 1.38. The molecule has 0 aromatic carbocycles. The first-order chi connectivity index (χ1) is 7.29. The number of rotatable bonds is 4. The second-order valence-corrected chi connectivity index (χ2v) is 6.64. The highest BCUT2D eigenvalue weighted by atomic mass is 79.9. The molecule has 1 nitrogen and oxygen atoms in total. The maximum atomic E-state index is 3.49. The van der Waals surface area contributed by atoms with E-state index in [-0.39, 0.29) is 0 Å². The average Bonchev–Trinajstić information content (AvgIpc) is 2.85. The van der Waals surface area contributed by atoms with Crippen molar-refractivity contribution in [3.05, 3.63) is 43.2 Å². The van der Waals surface area contributed by atoms with Crippen LogP contribution in [0.4, 0.5) is 0 Å². The van der Waals surface area contributed by atoms with Crippen LogP contribution in [-0.2, 0) is 6.42 Å². The molecule has 0 aliphatic carbocycles. The summed E-state index contributed by atoms with van der Waals surface area (Å²) in [6.07, 6.45) is 1.06. The Bertz CT molecular complexity index is 408. The molecule has 2 heterocycles. The molecule has 0 spiro atoms. The van der Waals surface area contributed by atoms with Crippen LogP contribution in [-0.4, -0.2) is 7.05 Å². The lowest BCUT2D eigenvalue weighted by Gasteiger charge is -2.13. The molecule has 1 N–H and O–H groups in total. The lowest BCUT2D eigenvalue weighted by molar-refractivity contribution is 0.598. The Kier molecular flexibility index (Phi) is 3.97. The molecule has 0 saturated carbocycles. The molecule has 15 heavy (non-hydrogen) atoms. The number of nitrogens with one attached hydrogen (secondary N) is 1. The highest BCUT2D eigenvalue weighted by Crippen LogP contribution is 2.27. The SMILES string of the molecule is CNC(Cc1ccc(Br)s1)c1ccsc1. The Balaban J connectivity index is 2.09. The molecule has 2 aromatic heterocycles. The van der Waals surface area contributed by atoms with E-state index in [2.05, 4.69) is 50.2 Å². The van der Waals surface area contributed by atoms with E-state index in [1.165, 1.54) is 14.2 Å². The zero-order chi connectivity index (χ0) is 10.7. The molecule has 0 saturated heterocycles. The van der Waals surface area contributed by atoms with E-state index in [1.54, 1.807) is 11.3 Å². The highest BCUT2D eigenvalue weighted by molar-refractivity contribution is 9.11. The summed E-state index contributed by atoms with van der Waals surface area (Å²) in [4.78, 5) is 1.41. The minimum absolute atomic E-state index is 0.432. The lowest BCUT2D eigenvalue weighted by atomic mass is 10.1. The molecule has 0 aliphatic rings. The van der Waals surface area contributed by atoms with Gasteiger partial charge in [0.2, 0.25) is 0 Å². The third kappa shape index (κ3) is 2.91. The van der Waals surface area contributed by atoms with Gasteiger partial charge in [-0.15, -0.1) is 11.3 Å². The third-order valence-corrected chi connectivity index (χ3v) is 4.68. The Morgan fingerprint density at radius 2 is 2.27 bits per heavy atom. The zero-order valence-corrected chi connectivity index (χ0v) is 11.6. The van der Waals surface area contributed by atoms with E-state index in [4.69, 9.17) is 0 Å². The summed E-state index contributed by atoms with van der Waals surface area (Å²) < 4.78 is 1.21. The number of halogens is 1. The van der Waals surface area contributed by atoms with Crippen molar-refractivity contribution in [1.82, 2.24) is 5.32 Å². The molecule has 2 aromatic rings. The molecular formula is C11H12BrNS2. The van der Waals surface area contributed by atoms with E-state index >= 15 is 0 Å². The fraction of sp³-hybridized carbons (Fsp3) is 0.273. The van der Waals surface area contributed by atoms with Crippen molar-refractivity contribution in [2.45, 2.75) is 12.5 Å². The molecule has 0 amide bonds. The quantitative estimate of drug-likeness (QED) is 0.897. The van der Waals surface area contributed by atoms with Crippen LogP contribution >= 0.6 is 38.6 Å². The van der Waals surface area contributed by atoms with Gasteiger partial charge in [-0.25, -0.2) is 0 Å². The summed E-state index contributed by atoms with van der Waals surface area (Å²) in [6, 6.07) is 6.92. The van der Waals surface area contributed by atoms with E-state index in [0.29, 0.717) is 6.04 Å². The molecule has 80 valence electrons. The fourth-order valence-electron chi connectivity index (χ4n) is 1.52. The number of likely N-dealkylation sites (N-methyl/N-ethyl adjacent to an activating group) is 1. The standard InChI is InChI=1S/C11H12BrNS2/c1-13-10(8-4-5-14-7-8)6-9-2-3-11(12)15-9/h2-5,7,10,13H,6H2,1H3. The fourth-order valence-corrected chi connectivity index (χ4v) is 3.77. The van der Waals surface area contributed by atoms with Crippen molar-refractivity contribution in [3.8, 4) is 0 Å². The van der Waals surface area contributed by atoms with Gasteiger partial charge in [-0.2, -0.15) is 11.3 Å². The zero-order valence-electron chi connectivity index (χ0n) is 8.37. The van der Waals surface area contributed by atoms with Crippen molar-refractivity contribution in [2.24, 2.45) is 0 Å². The Morgan fingerprint density at radius 3 is 2.80 bits per heavy atom. The Hall–Kier alpha value is -0.160. The van der Waals surface area contributed by atoms with Crippen molar-refractivity contribution in [1.29, 1.82) is 0 Å². The molecule has 0 radical (unpaired) electrons. The van der Waals surface area contributed by atoms with E-state index in [9.17, 15) is 0 Å². The first-order valence-corrected chi connectivity index (χ1v) is 7.28. The summed E-state index contributed by atoms with van der Waals surface area (Å²) in [5.74, 6) is 0. The van der Waals surface area contributed by atoms with Crippen LogP contribution in [0, 0.1) is 0 Å². The number of thiophene rings is 2. The molecular weight excluding hydrogens is 290 g/mol. The van der Waals surface area contributed by atoms with E-state index in [1.807, 2.05) is 18.4 Å². The second kappa shape index (κ2) is 5.25. The minimum atomic E-state index is 0.432. The van der Waals surface area contributed by atoms with E-state index in [0.717, 1.165) is 6.42 Å². The molecule has 4 heteroatoms. The van der Waals surface area contributed by atoms with Crippen molar-refractivity contribution >= 4 is 38.6 Å². The monoisotopic (exact) mass is 301 g/mol. The van der Waals surface area contributed by atoms with Gasteiger partial charge in [0.05, 0.1) is 3.79 Å².